The molecule has 0 aromatic heterocycles. The van der Waals surface area contributed by atoms with E-state index in [1.165, 1.54) is 12.1 Å². The molecule has 0 aliphatic carbocycles. The van der Waals surface area contributed by atoms with E-state index in [0.29, 0.717) is 17.9 Å². The van der Waals surface area contributed by atoms with E-state index in [1.807, 2.05) is 0 Å². The summed E-state index contributed by atoms with van der Waals surface area (Å²) in [4.78, 5) is 10.8. The van der Waals surface area contributed by atoms with Crippen LogP contribution in [0.5, 0.6) is 5.75 Å². The molecule has 1 unspecified atom stereocenters. The Kier molecular flexibility index (Phi) is 1.82. The molecule has 5 nitrogen and oxygen atoms in total. The van der Waals surface area contributed by atoms with E-state index in [9.17, 15) is 4.79 Å². The standard InChI is InChI=1S/C9H10N2O3/c10-6-2-8-4(7(11)3-14-8)1-5(6)9(12)13/h1-2,7H,3,10-11H2,(H,12,13). The van der Waals surface area contributed by atoms with E-state index in [0.717, 1.165) is 0 Å². The lowest BCUT2D eigenvalue weighted by Crippen LogP contribution is -2.11. The van der Waals surface area contributed by atoms with Crippen molar-refractivity contribution in [2.45, 2.75) is 6.04 Å². The second-order valence-electron chi connectivity index (χ2n) is 3.20. The highest BCUT2D eigenvalue weighted by atomic mass is 16.5. The van der Waals surface area contributed by atoms with Gasteiger partial charge < -0.3 is 21.3 Å². The number of nitrogen functional groups attached to an aromatic ring is 1. The maximum absolute atomic E-state index is 10.8. The predicted octanol–water partition coefficient (Wildman–Crippen LogP) is 0.359. The molecule has 1 atom stereocenters. The molecule has 5 N–H and O–H groups in total. The molecule has 0 saturated carbocycles. The van der Waals surface area contributed by atoms with Crippen LogP contribution in [0.15, 0.2) is 12.1 Å². The van der Waals surface area contributed by atoms with Crippen molar-refractivity contribution >= 4 is 11.7 Å². The van der Waals surface area contributed by atoms with Crippen LogP contribution in [-0.2, 0) is 0 Å². The molecule has 14 heavy (non-hydrogen) atoms. The van der Waals surface area contributed by atoms with Crippen molar-refractivity contribution in [2.75, 3.05) is 12.3 Å². The van der Waals surface area contributed by atoms with Gasteiger partial charge in [0.15, 0.2) is 0 Å². The van der Waals surface area contributed by atoms with Crippen LogP contribution in [0.1, 0.15) is 22.0 Å². The van der Waals surface area contributed by atoms with Crippen LogP contribution < -0.4 is 16.2 Å². The van der Waals surface area contributed by atoms with E-state index in [1.54, 1.807) is 0 Å². The Bertz CT molecular complexity index is 403. The van der Waals surface area contributed by atoms with Crippen LogP contribution in [0, 0.1) is 0 Å². The molecule has 1 aromatic rings. The average Bonchev–Trinajstić information content (AvgIpc) is 2.46. The molecule has 74 valence electrons. The summed E-state index contributed by atoms with van der Waals surface area (Å²) in [5, 5.41) is 8.82. The first-order valence-electron chi connectivity index (χ1n) is 4.14. The van der Waals surface area contributed by atoms with E-state index in [4.69, 9.17) is 21.3 Å². The van der Waals surface area contributed by atoms with Gasteiger partial charge in [-0.05, 0) is 6.07 Å². The predicted molar refractivity (Wildman–Crippen MR) is 50.2 cm³/mol. The highest BCUT2D eigenvalue weighted by Crippen LogP contribution is 2.34. The number of nitrogens with two attached hydrogens (primary N) is 2. The molecular weight excluding hydrogens is 184 g/mol. The van der Waals surface area contributed by atoms with Gasteiger partial charge in [0.05, 0.1) is 11.6 Å². The molecule has 0 bridgehead atoms. The number of hydrogen-bond acceptors (Lipinski definition) is 4. The smallest absolute Gasteiger partial charge is 0.337 e. The van der Waals surface area contributed by atoms with Gasteiger partial charge in [-0.15, -0.1) is 0 Å². The third kappa shape index (κ3) is 1.18. The zero-order valence-electron chi connectivity index (χ0n) is 7.36. The van der Waals surface area contributed by atoms with Crippen molar-refractivity contribution in [1.82, 2.24) is 0 Å². The number of ether oxygens (including phenoxy) is 1. The maximum Gasteiger partial charge on any atom is 0.337 e. The van der Waals surface area contributed by atoms with Gasteiger partial charge >= 0.3 is 5.97 Å². The van der Waals surface area contributed by atoms with Gasteiger partial charge in [-0.3, -0.25) is 0 Å². The molecule has 0 fully saturated rings. The molecule has 0 radical (unpaired) electrons. The van der Waals surface area contributed by atoms with Gasteiger partial charge in [-0.25, -0.2) is 4.79 Å². The van der Waals surface area contributed by atoms with Gasteiger partial charge in [-0.2, -0.15) is 0 Å². The number of carboxylic acid groups (broad SMARTS) is 1. The molecule has 1 heterocycles. The highest BCUT2D eigenvalue weighted by molar-refractivity contribution is 5.94. The fourth-order valence-electron chi connectivity index (χ4n) is 1.48. The summed E-state index contributed by atoms with van der Waals surface area (Å²) in [6.07, 6.45) is 0. The minimum atomic E-state index is -1.05. The fraction of sp³-hybridized carbons (Fsp3) is 0.222. The van der Waals surface area contributed by atoms with E-state index >= 15 is 0 Å². The van der Waals surface area contributed by atoms with Gasteiger partial charge in [0.1, 0.15) is 12.4 Å². The van der Waals surface area contributed by atoms with Gasteiger partial charge in [0, 0.05) is 17.3 Å². The van der Waals surface area contributed by atoms with Crippen LogP contribution in [0.25, 0.3) is 0 Å². The van der Waals surface area contributed by atoms with Crippen LogP contribution >= 0.6 is 0 Å². The molecule has 0 spiro atoms. The minimum absolute atomic E-state index is 0.0738. The maximum atomic E-state index is 10.8. The van der Waals surface area contributed by atoms with E-state index in [-0.39, 0.29) is 17.3 Å². The summed E-state index contributed by atoms with van der Waals surface area (Å²) in [7, 11) is 0. The SMILES string of the molecule is Nc1cc2c(cc1C(=O)O)C(N)CO2. The largest absolute Gasteiger partial charge is 0.491 e. The van der Waals surface area contributed by atoms with Crippen molar-refractivity contribution in [2.24, 2.45) is 5.73 Å². The van der Waals surface area contributed by atoms with Crippen molar-refractivity contribution in [3.8, 4) is 5.75 Å². The minimum Gasteiger partial charge on any atom is -0.491 e. The number of benzene rings is 1. The van der Waals surface area contributed by atoms with Gasteiger partial charge in [-0.1, -0.05) is 0 Å². The van der Waals surface area contributed by atoms with Crippen LogP contribution in [-0.4, -0.2) is 17.7 Å². The summed E-state index contributed by atoms with van der Waals surface area (Å²) >= 11 is 0. The third-order valence-electron chi connectivity index (χ3n) is 2.23. The second kappa shape index (κ2) is 2.88. The lowest BCUT2D eigenvalue weighted by molar-refractivity contribution is 0.0698. The Morgan fingerprint density at radius 3 is 2.93 bits per heavy atom. The summed E-state index contributed by atoms with van der Waals surface area (Å²) in [5.41, 5.74) is 12.2. The first-order valence-corrected chi connectivity index (χ1v) is 4.14. The number of anilines is 1. The zero-order chi connectivity index (χ0) is 10.3. The van der Waals surface area contributed by atoms with Crippen molar-refractivity contribution in [3.05, 3.63) is 23.3 Å². The first-order chi connectivity index (χ1) is 6.59. The van der Waals surface area contributed by atoms with Gasteiger partial charge in [0.2, 0.25) is 0 Å². The molecular formula is C9H10N2O3. The summed E-state index contributed by atoms with van der Waals surface area (Å²) < 4.78 is 5.23. The number of carboxylic acids is 1. The second-order valence-corrected chi connectivity index (χ2v) is 3.20. The highest BCUT2D eigenvalue weighted by Gasteiger charge is 2.23. The molecule has 0 saturated heterocycles. The van der Waals surface area contributed by atoms with Crippen LogP contribution in [0.3, 0.4) is 0 Å². The number of rotatable bonds is 1. The number of hydrogen-bond donors (Lipinski definition) is 3. The van der Waals surface area contributed by atoms with Crippen LogP contribution in [0.2, 0.25) is 0 Å². The number of fused-ring (bicyclic) bond motifs is 1. The summed E-state index contributed by atoms with van der Waals surface area (Å²) in [6.45, 7) is 0.373. The van der Waals surface area contributed by atoms with Gasteiger partial charge in [0.25, 0.3) is 0 Å². The van der Waals surface area contributed by atoms with E-state index in [2.05, 4.69) is 0 Å². The lowest BCUT2D eigenvalue weighted by atomic mass is 10.0. The fourth-order valence-corrected chi connectivity index (χ4v) is 1.48. The topological polar surface area (TPSA) is 98.6 Å². The normalized spacial score (nSPS) is 18.8. The van der Waals surface area contributed by atoms with E-state index < -0.39 is 5.97 Å². The van der Waals surface area contributed by atoms with Crippen molar-refractivity contribution in [3.63, 3.8) is 0 Å². The molecule has 0 amide bonds. The van der Waals surface area contributed by atoms with Crippen LogP contribution in [0.4, 0.5) is 5.69 Å². The Morgan fingerprint density at radius 1 is 1.57 bits per heavy atom. The van der Waals surface area contributed by atoms with Crippen molar-refractivity contribution in [1.29, 1.82) is 0 Å². The Labute approximate surface area is 80.3 Å². The third-order valence-corrected chi connectivity index (χ3v) is 2.23. The Hall–Kier alpha value is -1.75. The summed E-state index contributed by atoms with van der Waals surface area (Å²) in [6, 6.07) is 2.72. The zero-order valence-corrected chi connectivity index (χ0v) is 7.36. The number of carbonyl (C=O) groups is 1. The Morgan fingerprint density at radius 2 is 2.29 bits per heavy atom. The number of aromatic carboxylic acids is 1. The average molecular weight is 194 g/mol. The lowest BCUT2D eigenvalue weighted by Gasteiger charge is -2.05. The summed E-state index contributed by atoms with van der Waals surface area (Å²) in [5.74, 6) is -0.468. The molecule has 5 heteroatoms. The molecule has 2 rings (SSSR count). The first kappa shape index (κ1) is 8.83. The molecule has 1 aliphatic rings. The Balaban J connectivity index is 2.57. The van der Waals surface area contributed by atoms with Crippen molar-refractivity contribution < 1.29 is 14.6 Å². The monoisotopic (exact) mass is 194 g/mol. The molecule has 1 aromatic carbocycles. The molecule has 1 aliphatic heterocycles. The quantitative estimate of drug-likeness (QED) is 0.560.